The van der Waals surface area contributed by atoms with E-state index in [1.54, 1.807) is 10.9 Å². The molecule has 0 spiro atoms. The number of aromatic nitrogens is 2. The average molecular weight is 282 g/mol. The molecular weight excluding hydrogens is 264 g/mol. The average Bonchev–Trinajstić information content (AvgIpc) is 2.98. The Hall–Kier alpha value is -2.61. The van der Waals surface area contributed by atoms with Crippen LogP contribution in [0.5, 0.6) is 0 Å². The van der Waals surface area contributed by atoms with Gasteiger partial charge in [0, 0.05) is 18.4 Å². The van der Waals surface area contributed by atoms with E-state index in [9.17, 15) is 10.1 Å². The molecule has 1 N–H and O–H groups in total. The van der Waals surface area contributed by atoms with E-state index in [0.717, 1.165) is 5.56 Å². The molecular formula is C16H18N4O. The summed E-state index contributed by atoms with van der Waals surface area (Å²) < 4.78 is 1.75. The maximum Gasteiger partial charge on any atom is 0.237 e. The van der Waals surface area contributed by atoms with Crippen molar-refractivity contribution in [2.24, 2.45) is 5.92 Å². The van der Waals surface area contributed by atoms with Gasteiger partial charge in [0.15, 0.2) is 0 Å². The quantitative estimate of drug-likeness (QED) is 0.877. The number of amides is 1. The molecule has 5 nitrogen and oxygen atoms in total. The Kier molecular flexibility index (Phi) is 5.10. The molecule has 0 bridgehead atoms. The number of nitrogens with one attached hydrogen (secondary N) is 1. The fourth-order valence-corrected chi connectivity index (χ4v) is 2.12. The van der Waals surface area contributed by atoms with Gasteiger partial charge < -0.3 is 5.32 Å². The molecule has 0 aliphatic rings. The summed E-state index contributed by atoms with van der Waals surface area (Å²) in [6.45, 7) is 2.48. The first-order valence-electron chi connectivity index (χ1n) is 6.90. The van der Waals surface area contributed by atoms with Gasteiger partial charge in [0.25, 0.3) is 0 Å². The summed E-state index contributed by atoms with van der Waals surface area (Å²) in [5.41, 5.74) is 0.985. The van der Waals surface area contributed by atoms with E-state index < -0.39 is 5.92 Å². The zero-order valence-electron chi connectivity index (χ0n) is 11.9. The second kappa shape index (κ2) is 7.25. The van der Waals surface area contributed by atoms with Crippen molar-refractivity contribution in [2.45, 2.75) is 25.9 Å². The monoisotopic (exact) mass is 282 g/mol. The molecule has 5 heteroatoms. The van der Waals surface area contributed by atoms with Gasteiger partial charge in [0.05, 0.1) is 12.6 Å². The first-order valence-corrected chi connectivity index (χ1v) is 6.90. The predicted molar refractivity (Wildman–Crippen MR) is 79.1 cm³/mol. The Morgan fingerprint density at radius 3 is 2.76 bits per heavy atom. The second-order valence-corrected chi connectivity index (χ2v) is 5.01. The molecule has 0 aliphatic carbocycles. The van der Waals surface area contributed by atoms with Gasteiger partial charge in [-0.1, -0.05) is 30.3 Å². The topological polar surface area (TPSA) is 70.7 Å². The van der Waals surface area contributed by atoms with E-state index in [-0.39, 0.29) is 11.9 Å². The van der Waals surface area contributed by atoms with Crippen LogP contribution in [0, 0.1) is 17.2 Å². The number of hydrogen-bond donors (Lipinski definition) is 1. The molecule has 1 heterocycles. The Bertz CT molecular complexity index is 601. The minimum Gasteiger partial charge on any atom is -0.351 e. The lowest BCUT2D eigenvalue weighted by molar-refractivity contribution is -0.124. The van der Waals surface area contributed by atoms with Crippen LogP contribution in [0.1, 0.15) is 12.5 Å². The van der Waals surface area contributed by atoms with E-state index in [1.165, 1.54) is 0 Å². The van der Waals surface area contributed by atoms with Crippen molar-refractivity contribution in [2.75, 3.05) is 0 Å². The molecule has 1 amide bonds. The van der Waals surface area contributed by atoms with Crippen molar-refractivity contribution in [3.63, 3.8) is 0 Å². The molecule has 0 aliphatic heterocycles. The van der Waals surface area contributed by atoms with Crippen molar-refractivity contribution in [1.29, 1.82) is 5.26 Å². The third kappa shape index (κ3) is 4.46. The summed E-state index contributed by atoms with van der Waals surface area (Å²) in [5.74, 6) is -0.909. The van der Waals surface area contributed by atoms with Crippen LogP contribution in [-0.4, -0.2) is 21.7 Å². The summed E-state index contributed by atoms with van der Waals surface area (Å²) in [7, 11) is 0. The van der Waals surface area contributed by atoms with Crippen LogP contribution < -0.4 is 5.32 Å². The highest BCUT2D eigenvalue weighted by Gasteiger charge is 2.20. The smallest absolute Gasteiger partial charge is 0.237 e. The van der Waals surface area contributed by atoms with Crippen LogP contribution in [0.15, 0.2) is 48.8 Å². The Balaban J connectivity index is 1.89. The molecule has 1 aromatic heterocycles. The molecule has 0 saturated carbocycles. The van der Waals surface area contributed by atoms with Gasteiger partial charge in [0.2, 0.25) is 5.91 Å². The highest BCUT2D eigenvalue weighted by molar-refractivity contribution is 5.81. The number of carbonyl (C=O) groups excluding carboxylic acids is 1. The summed E-state index contributed by atoms with van der Waals surface area (Å²) in [4.78, 5) is 12.2. The van der Waals surface area contributed by atoms with E-state index in [1.807, 2.05) is 49.5 Å². The number of carbonyl (C=O) groups is 1. The highest BCUT2D eigenvalue weighted by Crippen LogP contribution is 2.08. The van der Waals surface area contributed by atoms with Gasteiger partial charge in [-0.25, -0.2) is 0 Å². The summed E-state index contributed by atoms with van der Waals surface area (Å²) in [6, 6.07) is 13.4. The van der Waals surface area contributed by atoms with Gasteiger partial charge in [-0.05, 0) is 25.0 Å². The van der Waals surface area contributed by atoms with Crippen LogP contribution in [0.4, 0.5) is 0 Å². The van der Waals surface area contributed by atoms with E-state index in [4.69, 9.17) is 0 Å². The first-order chi connectivity index (χ1) is 10.2. The zero-order valence-corrected chi connectivity index (χ0v) is 11.9. The first kappa shape index (κ1) is 14.8. The van der Waals surface area contributed by atoms with Gasteiger partial charge >= 0.3 is 0 Å². The number of hydrogen-bond acceptors (Lipinski definition) is 3. The Morgan fingerprint density at radius 1 is 1.38 bits per heavy atom. The number of nitriles is 1. The maximum absolute atomic E-state index is 12.2. The van der Waals surface area contributed by atoms with Gasteiger partial charge in [-0.2, -0.15) is 10.4 Å². The van der Waals surface area contributed by atoms with Crippen LogP contribution in [0.25, 0.3) is 0 Å². The normalized spacial score (nSPS) is 13.1. The maximum atomic E-state index is 12.2. The molecule has 2 rings (SSSR count). The molecule has 0 fully saturated rings. The standard InChI is InChI=1S/C16H18N4O/c1-13(12-20-9-5-8-18-20)19-16(21)15(11-17)10-14-6-3-2-4-7-14/h2-9,13,15H,10,12H2,1H3,(H,19,21). The van der Waals surface area contributed by atoms with E-state index in [0.29, 0.717) is 13.0 Å². The third-order valence-electron chi connectivity index (χ3n) is 3.16. The largest absolute Gasteiger partial charge is 0.351 e. The molecule has 1 aromatic carbocycles. The third-order valence-corrected chi connectivity index (χ3v) is 3.16. The van der Waals surface area contributed by atoms with Crippen molar-refractivity contribution in [3.05, 3.63) is 54.4 Å². The zero-order chi connectivity index (χ0) is 15.1. The fourth-order valence-electron chi connectivity index (χ4n) is 2.12. The van der Waals surface area contributed by atoms with Crippen molar-refractivity contribution >= 4 is 5.91 Å². The fraction of sp³-hybridized carbons (Fsp3) is 0.312. The van der Waals surface area contributed by atoms with Crippen LogP contribution in [-0.2, 0) is 17.8 Å². The van der Waals surface area contributed by atoms with Gasteiger partial charge in [-0.15, -0.1) is 0 Å². The summed E-state index contributed by atoms with van der Waals surface area (Å²) >= 11 is 0. The van der Waals surface area contributed by atoms with E-state index in [2.05, 4.69) is 16.5 Å². The van der Waals surface area contributed by atoms with Crippen molar-refractivity contribution < 1.29 is 4.79 Å². The van der Waals surface area contributed by atoms with Crippen LogP contribution in [0.2, 0.25) is 0 Å². The Labute approximate surface area is 124 Å². The summed E-state index contributed by atoms with van der Waals surface area (Å²) in [6.07, 6.45) is 3.97. The van der Waals surface area contributed by atoms with Crippen LogP contribution >= 0.6 is 0 Å². The lowest BCUT2D eigenvalue weighted by Gasteiger charge is -2.16. The lowest BCUT2D eigenvalue weighted by Crippen LogP contribution is -2.39. The highest BCUT2D eigenvalue weighted by atomic mass is 16.1. The molecule has 21 heavy (non-hydrogen) atoms. The van der Waals surface area contributed by atoms with Gasteiger partial charge in [-0.3, -0.25) is 9.48 Å². The predicted octanol–water partition coefficient (Wildman–Crippen LogP) is 1.77. The molecule has 108 valence electrons. The van der Waals surface area contributed by atoms with Crippen LogP contribution in [0.3, 0.4) is 0 Å². The SMILES string of the molecule is CC(Cn1cccn1)NC(=O)C(C#N)Cc1ccccc1. The van der Waals surface area contributed by atoms with Crippen molar-refractivity contribution in [3.8, 4) is 6.07 Å². The van der Waals surface area contributed by atoms with Crippen molar-refractivity contribution in [1.82, 2.24) is 15.1 Å². The second-order valence-electron chi connectivity index (χ2n) is 5.01. The Morgan fingerprint density at radius 2 is 2.14 bits per heavy atom. The number of benzene rings is 1. The minimum atomic E-state index is -0.674. The summed E-state index contributed by atoms with van der Waals surface area (Å²) in [5, 5.41) is 16.2. The van der Waals surface area contributed by atoms with E-state index >= 15 is 0 Å². The number of rotatable bonds is 6. The molecule has 0 saturated heterocycles. The molecule has 2 aromatic rings. The molecule has 2 unspecified atom stereocenters. The molecule has 0 radical (unpaired) electrons. The minimum absolute atomic E-state index is 0.0796. The number of nitrogens with zero attached hydrogens (tertiary/aromatic N) is 3. The lowest BCUT2D eigenvalue weighted by atomic mass is 9.99. The van der Waals surface area contributed by atoms with Gasteiger partial charge in [0.1, 0.15) is 5.92 Å². The molecule has 2 atom stereocenters.